The fraction of sp³-hybridized carbons (Fsp3) is 0.267. The summed E-state index contributed by atoms with van der Waals surface area (Å²) in [5, 5.41) is 5.11. The summed E-state index contributed by atoms with van der Waals surface area (Å²) in [6.07, 6.45) is -6.98. The van der Waals surface area contributed by atoms with Gasteiger partial charge < -0.3 is 10.5 Å². The smallest absolute Gasteiger partial charge is 0.434 e. The third kappa shape index (κ3) is 3.68. The second-order valence-electron chi connectivity index (χ2n) is 5.71. The fourth-order valence-electron chi connectivity index (χ4n) is 2.67. The number of halogens is 5. The van der Waals surface area contributed by atoms with Crippen LogP contribution in [0, 0.1) is 5.82 Å². The molecule has 2 amide bonds. The number of ether oxygens (including phenoxy) is 1. The van der Waals surface area contributed by atoms with Gasteiger partial charge in [0.25, 0.3) is 5.91 Å². The number of alkyl halides is 3. The minimum atomic E-state index is -4.72. The largest absolute Gasteiger partial charge is 0.435 e. The Kier molecular flexibility index (Phi) is 4.72. The van der Waals surface area contributed by atoms with Gasteiger partial charge in [-0.1, -0.05) is 17.7 Å². The number of carbonyl (C=O) groups is 2. The normalized spacial score (nSPS) is 18.5. The first-order chi connectivity index (χ1) is 12.6. The van der Waals surface area contributed by atoms with Crippen molar-refractivity contribution in [3.05, 3.63) is 52.1 Å². The van der Waals surface area contributed by atoms with E-state index in [-0.39, 0.29) is 22.8 Å². The molecule has 27 heavy (non-hydrogen) atoms. The van der Waals surface area contributed by atoms with Crippen LogP contribution >= 0.6 is 11.6 Å². The third-order valence-corrected chi connectivity index (χ3v) is 4.20. The molecule has 1 saturated heterocycles. The number of carbonyl (C=O) groups excluding carboxylic acids is 2. The van der Waals surface area contributed by atoms with E-state index in [4.69, 9.17) is 22.1 Å². The van der Waals surface area contributed by atoms with Crippen LogP contribution in [0.3, 0.4) is 0 Å². The molecule has 0 saturated carbocycles. The Labute approximate surface area is 154 Å². The van der Waals surface area contributed by atoms with Gasteiger partial charge in [-0.25, -0.2) is 9.18 Å². The number of aromatic nitrogens is 2. The van der Waals surface area contributed by atoms with Gasteiger partial charge in [-0.05, 0) is 23.8 Å². The summed E-state index contributed by atoms with van der Waals surface area (Å²) in [5.74, 6) is -1.67. The number of rotatable bonds is 4. The average Bonchev–Trinajstić information content (AvgIpc) is 3.19. The number of cyclic esters (lactones) is 1. The molecule has 1 aromatic carbocycles. The molecule has 3 rings (SSSR count). The van der Waals surface area contributed by atoms with Gasteiger partial charge in [-0.2, -0.15) is 18.3 Å². The maximum atomic E-state index is 13.5. The minimum absolute atomic E-state index is 0.132. The van der Waals surface area contributed by atoms with Gasteiger partial charge in [0.15, 0.2) is 11.8 Å². The van der Waals surface area contributed by atoms with Crippen molar-refractivity contribution in [2.24, 2.45) is 5.73 Å². The summed E-state index contributed by atoms with van der Waals surface area (Å²) in [5.41, 5.74) is 3.96. The van der Waals surface area contributed by atoms with Crippen molar-refractivity contribution < 1.29 is 31.9 Å². The molecule has 1 aromatic heterocycles. The van der Waals surface area contributed by atoms with E-state index in [1.807, 2.05) is 0 Å². The zero-order valence-electron chi connectivity index (χ0n) is 13.3. The number of primary amides is 1. The lowest BCUT2D eigenvalue weighted by Gasteiger charge is -2.25. The summed E-state index contributed by atoms with van der Waals surface area (Å²) in [7, 11) is 0. The average molecular weight is 407 g/mol. The Bertz CT molecular complexity index is 901. The first-order valence-electron chi connectivity index (χ1n) is 7.42. The van der Waals surface area contributed by atoms with E-state index >= 15 is 0 Å². The van der Waals surface area contributed by atoms with E-state index in [2.05, 4.69) is 10.2 Å². The number of aromatic amines is 1. The number of benzene rings is 1. The van der Waals surface area contributed by atoms with Crippen LogP contribution in [0.25, 0.3) is 0 Å². The number of nitrogens with zero attached hydrogens (tertiary/aromatic N) is 2. The lowest BCUT2D eigenvalue weighted by Crippen LogP contribution is -2.35. The standard InChI is InChI=1S/C15H11ClF4N4O3/c16-7-3-6(1-2-8(7)17)12(9-4-11(23-22-9)15(18,19)20)24-5-10(13(21)25)27-14(24)26/h1-4,10,12H,5H2,(H2,21,25)(H,22,23)/t10?,12-/m0/s1. The van der Waals surface area contributed by atoms with Gasteiger partial charge in [-0.3, -0.25) is 14.8 Å². The van der Waals surface area contributed by atoms with Crippen molar-refractivity contribution in [3.63, 3.8) is 0 Å². The molecule has 7 nitrogen and oxygen atoms in total. The van der Waals surface area contributed by atoms with Crippen LogP contribution in [-0.4, -0.2) is 39.7 Å². The molecule has 1 aliphatic rings. The molecule has 2 heterocycles. The number of hydrogen-bond acceptors (Lipinski definition) is 4. The lowest BCUT2D eigenvalue weighted by molar-refractivity contribution is -0.141. The molecule has 1 aliphatic heterocycles. The van der Waals surface area contributed by atoms with Crippen molar-refractivity contribution >= 4 is 23.6 Å². The van der Waals surface area contributed by atoms with Crippen LogP contribution in [0.15, 0.2) is 24.3 Å². The summed E-state index contributed by atoms with van der Waals surface area (Å²) in [6, 6.07) is 2.90. The van der Waals surface area contributed by atoms with E-state index in [1.165, 1.54) is 6.07 Å². The van der Waals surface area contributed by atoms with Crippen LogP contribution < -0.4 is 5.73 Å². The number of nitrogens with two attached hydrogens (primary N) is 1. The quantitative estimate of drug-likeness (QED) is 0.762. The van der Waals surface area contributed by atoms with Crippen molar-refractivity contribution in [1.82, 2.24) is 15.1 Å². The van der Waals surface area contributed by atoms with Gasteiger partial charge in [0.2, 0.25) is 0 Å². The Morgan fingerprint density at radius 1 is 1.41 bits per heavy atom. The van der Waals surface area contributed by atoms with E-state index in [0.29, 0.717) is 6.07 Å². The van der Waals surface area contributed by atoms with Crippen LogP contribution in [0.1, 0.15) is 23.0 Å². The summed E-state index contributed by atoms with van der Waals surface area (Å²) >= 11 is 5.76. The zero-order valence-corrected chi connectivity index (χ0v) is 14.0. The maximum Gasteiger partial charge on any atom is 0.435 e. The molecular weight excluding hydrogens is 396 g/mol. The first kappa shape index (κ1) is 19.0. The van der Waals surface area contributed by atoms with E-state index in [1.54, 1.807) is 0 Å². The molecule has 3 N–H and O–H groups in total. The number of hydrogen-bond donors (Lipinski definition) is 2. The Morgan fingerprint density at radius 3 is 2.63 bits per heavy atom. The van der Waals surface area contributed by atoms with Crippen molar-refractivity contribution in [3.8, 4) is 0 Å². The van der Waals surface area contributed by atoms with Crippen LogP contribution in [0.4, 0.5) is 22.4 Å². The van der Waals surface area contributed by atoms with Gasteiger partial charge in [-0.15, -0.1) is 0 Å². The molecule has 0 radical (unpaired) electrons. The molecule has 0 bridgehead atoms. The Morgan fingerprint density at radius 2 is 2.11 bits per heavy atom. The highest BCUT2D eigenvalue weighted by Crippen LogP contribution is 2.36. The van der Waals surface area contributed by atoms with E-state index < -0.39 is 41.8 Å². The number of H-pyrrole nitrogens is 1. The molecule has 1 unspecified atom stereocenters. The Hall–Kier alpha value is -2.82. The second-order valence-corrected chi connectivity index (χ2v) is 6.12. The van der Waals surface area contributed by atoms with Crippen molar-refractivity contribution in [1.29, 1.82) is 0 Å². The molecule has 144 valence electrons. The van der Waals surface area contributed by atoms with Crippen LogP contribution in [0.2, 0.25) is 5.02 Å². The van der Waals surface area contributed by atoms with E-state index in [0.717, 1.165) is 17.0 Å². The summed E-state index contributed by atoms with van der Waals surface area (Å²) < 4.78 is 57.0. The van der Waals surface area contributed by atoms with Crippen molar-refractivity contribution in [2.75, 3.05) is 6.54 Å². The number of amides is 2. The molecular formula is C15H11ClF4N4O3. The van der Waals surface area contributed by atoms with Crippen molar-refractivity contribution in [2.45, 2.75) is 18.3 Å². The second kappa shape index (κ2) is 6.72. The maximum absolute atomic E-state index is 13.5. The summed E-state index contributed by atoms with van der Waals surface area (Å²) in [4.78, 5) is 24.4. The first-order valence-corrected chi connectivity index (χ1v) is 7.79. The zero-order chi connectivity index (χ0) is 19.9. The molecule has 0 spiro atoms. The van der Waals surface area contributed by atoms with Crippen LogP contribution in [-0.2, 0) is 15.7 Å². The molecule has 2 atom stereocenters. The SMILES string of the molecule is NC(=O)C1CN([C@@H](c2ccc(F)c(Cl)c2)c2cc(C(F)(F)F)n[nH]2)C(=O)O1. The topological polar surface area (TPSA) is 101 Å². The molecule has 0 aliphatic carbocycles. The number of nitrogens with one attached hydrogen (secondary N) is 1. The highest BCUT2D eigenvalue weighted by molar-refractivity contribution is 6.30. The van der Waals surface area contributed by atoms with Crippen LogP contribution in [0.5, 0.6) is 0 Å². The predicted octanol–water partition coefficient (Wildman–Crippen LogP) is 2.62. The fourth-order valence-corrected chi connectivity index (χ4v) is 2.86. The highest BCUT2D eigenvalue weighted by atomic mass is 35.5. The molecule has 1 fully saturated rings. The monoisotopic (exact) mass is 406 g/mol. The Balaban J connectivity index is 2.07. The lowest BCUT2D eigenvalue weighted by atomic mass is 10.0. The molecule has 2 aromatic rings. The van der Waals surface area contributed by atoms with Gasteiger partial charge >= 0.3 is 12.3 Å². The van der Waals surface area contributed by atoms with Gasteiger partial charge in [0, 0.05) is 0 Å². The minimum Gasteiger partial charge on any atom is -0.434 e. The predicted molar refractivity (Wildman–Crippen MR) is 83.0 cm³/mol. The third-order valence-electron chi connectivity index (χ3n) is 3.91. The van der Waals surface area contributed by atoms with Gasteiger partial charge in [0.1, 0.15) is 11.9 Å². The van der Waals surface area contributed by atoms with Gasteiger partial charge in [0.05, 0.1) is 17.3 Å². The van der Waals surface area contributed by atoms with E-state index in [9.17, 15) is 27.2 Å². The highest BCUT2D eigenvalue weighted by Gasteiger charge is 2.42. The molecule has 12 heteroatoms. The summed E-state index contributed by atoms with van der Waals surface area (Å²) in [6.45, 7) is -0.311.